The Bertz CT molecular complexity index is 675. The molecule has 0 saturated carbocycles. The molecule has 0 aliphatic carbocycles. The second-order valence-electron chi connectivity index (χ2n) is 5.76. The van der Waals surface area contributed by atoms with Crippen molar-refractivity contribution in [1.29, 1.82) is 0 Å². The molecule has 0 bridgehead atoms. The van der Waals surface area contributed by atoms with Crippen LogP contribution in [-0.2, 0) is 11.2 Å². The Morgan fingerprint density at radius 3 is 2.58 bits per heavy atom. The molecule has 24 heavy (non-hydrogen) atoms. The summed E-state index contributed by atoms with van der Waals surface area (Å²) in [5, 5.41) is 6.02. The Morgan fingerprint density at radius 2 is 1.83 bits per heavy atom. The molecule has 0 spiro atoms. The standard InChI is InChI=1S/C19H22N2O3/c1-20-19(22)16(11-14-7-3-2-4-8-14)21-12-15-13-23-17-9-5-6-10-18(17)24-15/h2-10,15-16,21H,11-13H2,1H3,(H,20,22)/t15-,16+/m1/s1. The summed E-state index contributed by atoms with van der Waals surface area (Å²) < 4.78 is 11.6. The van der Waals surface area contributed by atoms with E-state index in [1.165, 1.54) is 0 Å². The van der Waals surface area contributed by atoms with Gasteiger partial charge in [-0.3, -0.25) is 4.79 Å². The highest BCUT2D eigenvalue weighted by Gasteiger charge is 2.23. The summed E-state index contributed by atoms with van der Waals surface area (Å²) >= 11 is 0. The fourth-order valence-electron chi connectivity index (χ4n) is 2.72. The highest BCUT2D eigenvalue weighted by Crippen LogP contribution is 2.30. The summed E-state index contributed by atoms with van der Waals surface area (Å²) in [7, 11) is 1.65. The first kappa shape index (κ1) is 16.3. The lowest BCUT2D eigenvalue weighted by Gasteiger charge is -2.28. The molecule has 0 radical (unpaired) electrons. The summed E-state index contributed by atoms with van der Waals surface area (Å²) in [5.74, 6) is 1.48. The summed E-state index contributed by atoms with van der Waals surface area (Å²) in [6.07, 6.45) is 0.507. The van der Waals surface area contributed by atoms with Crippen LogP contribution in [0.15, 0.2) is 54.6 Å². The van der Waals surface area contributed by atoms with E-state index in [-0.39, 0.29) is 18.1 Å². The Balaban J connectivity index is 1.59. The molecule has 1 amide bonds. The number of hydrogen-bond acceptors (Lipinski definition) is 4. The molecule has 2 aromatic carbocycles. The van der Waals surface area contributed by atoms with Gasteiger partial charge in [-0.25, -0.2) is 0 Å². The van der Waals surface area contributed by atoms with Crippen molar-refractivity contribution in [3.05, 3.63) is 60.2 Å². The topological polar surface area (TPSA) is 59.6 Å². The van der Waals surface area contributed by atoms with Crippen molar-refractivity contribution in [3.8, 4) is 11.5 Å². The van der Waals surface area contributed by atoms with Gasteiger partial charge >= 0.3 is 0 Å². The minimum Gasteiger partial charge on any atom is -0.486 e. The first-order chi connectivity index (χ1) is 11.8. The van der Waals surface area contributed by atoms with E-state index in [4.69, 9.17) is 9.47 Å². The Hall–Kier alpha value is -2.53. The van der Waals surface area contributed by atoms with Crippen LogP contribution in [0.4, 0.5) is 0 Å². The predicted octanol–water partition coefficient (Wildman–Crippen LogP) is 1.77. The van der Waals surface area contributed by atoms with E-state index in [9.17, 15) is 4.79 Å². The molecule has 0 unspecified atom stereocenters. The van der Waals surface area contributed by atoms with Gasteiger partial charge < -0.3 is 20.1 Å². The zero-order chi connectivity index (χ0) is 16.8. The fourth-order valence-corrected chi connectivity index (χ4v) is 2.72. The van der Waals surface area contributed by atoms with Crippen LogP contribution in [0.2, 0.25) is 0 Å². The first-order valence-corrected chi connectivity index (χ1v) is 8.13. The second-order valence-corrected chi connectivity index (χ2v) is 5.76. The zero-order valence-corrected chi connectivity index (χ0v) is 13.7. The van der Waals surface area contributed by atoms with Crippen molar-refractivity contribution in [3.63, 3.8) is 0 Å². The number of amides is 1. The number of benzene rings is 2. The summed E-state index contributed by atoms with van der Waals surface area (Å²) in [4.78, 5) is 12.1. The molecular weight excluding hydrogens is 304 g/mol. The average Bonchev–Trinajstić information content (AvgIpc) is 2.65. The lowest BCUT2D eigenvalue weighted by Crippen LogP contribution is -2.49. The summed E-state index contributed by atoms with van der Waals surface area (Å²) in [5.41, 5.74) is 1.12. The van der Waals surface area contributed by atoms with Crippen molar-refractivity contribution in [2.75, 3.05) is 20.2 Å². The minimum atomic E-state index is -0.307. The number of nitrogens with one attached hydrogen (secondary N) is 2. The van der Waals surface area contributed by atoms with Gasteiger partial charge in [0.1, 0.15) is 12.7 Å². The number of fused-ring (bicyclic) bond motifs is 1. The highest BCUT2D eigenvalue weighted by atomic mass is 16.6. The number of ether oxygens (including phenoxy) is 2. The SMILES string of the molecule is CNC(=O)[C@H](Cc1ccccc1)NC[C@@H]1COc2ccccc2O1. The molecule has 5 heteroatoms. The van der Waals surface area contributed by atoms with Crippen LogP contribution in [0, 0.1) is 0 Å². The number of carbonyl (C=O) groups excluding carboxylic acids is 1. The third kappa shape index (κ3) is 4.06. The Kier molecular flexibility index (Phi) is 5.33. The number of para-hydroxylation sites is 2. The Labute approximate surface area is 142 Å². The van der Waals surface area contributed by atoms with Gasteiger partial charge in [-0.2, -0.15) is 0 Å². The van der Waals surface area contributed by atoms with Crippen molar-refractivity contribution < 1.29 is 14.3 Å². The van der Waals surface area contributed by atoms with Crippen molar-refractivity contribution >= 4 is 5.91 Å². The molecule has 2 atom stereocenters. The molecule has 2 N–H and O–H groups in total. The summed E-state index contributed by atoms with van der Waals surface area (Å²) in [6.45, 7) is 1.01. The molecule has 5 nitrogen and oxygen atoms in total. The average molecular weight is 326 g/mol. The van der Waals surface area contributed by atoms with Gasteiger partial charge in [-0.15, -0.1) is 0 Å². The van der Waals surface area contributed by atoms with Crippen LogP contribution in [0.5, 0.6) is 11.5 Å². The van der Waals surface area contributed by atoms with Crippen molar-refractivity contribution in [2.45, 2.75) is 18.6 Å². The lowest BCUT2D eigenvalue weighted by atomic mass is 10.1. The number of carbonyl (C=O) groups is 1. The van der Waals surface area contributed by atoms with Gasteiger partial charge in [0.25, 0.3) is 0 Å². The fraction of sp³-hybridized carbons (Fsp3) is 0.316. The molecule has 1 aliphatic heterocycles. The van der Waals surface area contributed by atoms with Gasteiger partial charge in [-0.1, -0.05) is 42.5 Å². The van der Waals surface area contributed by atoms with E-state index in [1.54, 1.807) is 7.05 Å². The molecule has 126 valence electrons. The van der Waals surface area contributed by atoms with Crippen LogP contribution >= 0.6 is 0 Å². The normalized spacial score (nSPS) is 17.1. The number of hydrogen-bond donors (Lipinski definition) is 2. The molecule has 1 heterocycles. The monoisotopic (exact) mass is 326 g/mol. The van der Waals surface area contributed by atoms with Crippen LogP contribution in [0.1, 0.15) is 5.56 Å². The third-order valence-corrected chi connectivity index (χ3v) is 4.00. The maximum Gasteiger partial charge on any atom is 0.237 e. The van der Waals surface area contributed by atoms with E-state index in [2.05, 4.69) is 10.6 Å². The predicted molar refractivity (Wildman–Crippen MR) is 92.4 cm³/mol. The molecule has 0 saturated heterocycles. The first-order valence-electron chi connectivity index (χ1n) is 8.13. The molecule has 3 rings (SSSR count). The quantitative estimate of drug-likeness (QED) is 0.849. The highest BCUT2D eigenvalue weighted by molar-refractivity contribution is 5.81. The zero-order valence-electron chi connectivity index (χ0n) is 13.7. The van der Waals surface area contributed by atoms with Crippen molar-refractivity contribution in [2.24, 2.45) is 0 Å². The second kappa shape index (κ2) is 7.84. The lowest BCUT2D eigenvalue weighted by molar-refractivity contribution is -0.122. The van der Waals surface area contributed by atoms with Gasteiger partial charge in [0.2, 0.25) is 5.91 Å². The van der Waals surface area contributed by atoms with E-state index >= 15 is 0 Å². The molecule has 1 aliphatic rings. The van der Waals surface area contributed by atoms with Crippen molar-refractivity contribution in [1.82, 2.24) is 10.6 Å². The van der Waals surface area contributed by atoms with Gasteiger partial charge in [-0.05, 0) is 24.1 Å². The maximum absolute atomic E-state index is 12.1. The van der Waals surface area contributed by atoms with Crippen LogP contribution in [0.25, 0.3) is 0 Å². The Morgan fingerprint density at radius 1 is 1.12 bits per heavy atom. The molecule has 2 aromatic rings. The maximum atomic E-state index is 12.1. The van der Waals surface area contributed by atoms with Crippen LogP contribution < -0.4 is 20.1 Å². The van der Waals surface area contributed by atoms with Gasteiger partial charge in [0, 0.05) is 13.6 Å². The van der Waals surface area contributed by atoms with E-state index in [0.29, 0.717) is 19.6 Å². The van der Waals surface area contributed by atoms with Crippen LogP contribution in [-0.4, -0.2) is 38.3 Å². The minimum absolute atomic E-state index is 0.0315. The van der Waals surface area contributed by atoms with Gasteiger partial charge in [0.15, 0.2) is 11.5 Å². The molecule has 0 aromatic heterocycles. The number of likely N-dealkylation sites (N-methyl/N-ethyl adjacent to an activating group) is 1. The molecular formula is C19H22N2O3. The van der Waals surface area contributed by atoms with E-state index in [1.807, 2.05) is 54.6 Å². The van der Waals surface area contributed by atoms with E-state index in [0.717, 1.165) is 17.1 Å². The molecule has 0 fully saturated rings. The largest absolute Gasteiger partial charge is 0.486 e. The van der Waals surface area contributed by atoms with Gasteiger partial charge in [0.05, 0.1) is 6.04 Å². The number of rotatable bonds is 6. The third-order valence-electron chi connectivity index (χ3n) is 4.00. The van der Waals surface area contributed by atoms with E-state index < -0.39 is 0 Å². The van der Waals surface area contributed by atoms with Crippen LogP contribution in [0.3, 0.4) is 0 Å². The smallest absolute Gasteiger partial charge is 0.237 e. The summed E-state index contributed by atoms with van der Waals surface area (Å²) in [6, 6.07) is 17.3.